The van der Waals surface area contributed by atoms with Crippen molar-refractivity contribution >= 4 is 10.0 Å². The van der Waals surface area contributed by atoms with Crippen LogP contribution in [0, 0.1) is 6.92 Å². The summed E-state index contributed by atoms with van der Waals surface area (Å²) in [4.78, 5) is 2.07. The molecule has 0 spiro atoms. The largest absolute Gasteiger partial charge is 0.491 e. The maximum absolute atomic E-state index is 11.3. The molecule has 0 aliphatic rings. The van der Waals surface area contributed by atoms with E-state index < -0.39 is 16.1 Å². The predicted molar refractivity (Wildman–Crippen MR) is 102 cm³/mol. The number of ether oxygens (including phenoxy) is 1. The minimum absolute atomic E-state index is 0.00134. The monoisotopic (exact) mass is 378 g/mol. The molecule has 3 N–H and O–H groups in total. The first-order valence-corrected chi connectivity index (χ1v) is 9.92. The molecular weight excluding hydrogens is 352 g/mol. The third-order valence-corrected chi connectivity index (χ3v) is 5.24. The van der Waals surface area contributed by atoms with E-state index in [1.54, 1.807) is 12.1 Å². The molecule has 0 heterocycles. The van der Waals surface area contributed by atoms with Crippen molar-refractivity contribution in [1.82, 2.24) is 4.90 Å². The van der Waals surface area contributed by atoms with Crippen LogP contribution in [0.5, 0.6) is 5.75 Å². The number of aryl methyl sites for hydroxylation is 1. The maximum atomic E-state index is 11.3. The Morgan fingerprint density at radius 2 is 1.69 bits per heavy atom. The van der Waals surface area contributed by atoms with Crippen molar-refractivity contribution in [3.05, 3.63) is 59.7 Å². The van der Waals surface area contributed by atoms with Crippen LogP contribution in [0.2, 0.25) is 0 Å². The van der Waals surface area contributed by atoms with Crippen LogP contribution in [-0.2, 0) is 10.0 Å². The van der Waals surface area contributed by atoms with E-state index in [2.05, 4.69) is 0 Å². The van der Waals surface area contributed by atoms with Gasteiger partial charge in [0, 0.05) is 12.6 Å². The first-order chi connectivity index (χ1) is 12.2. The predicted octanol–water partition coefficient (Wildman–Crippen LogP) is 2.08. The number of sulfonamides is 1. The van der Waals surface area contributed by atoms with Gasteiger partial charge in [0.25, 0.3) is 0 Å². The number of aliphatic hydroxyl groups is 1. The van der Waals surface area contributed by atoms with E-state index in [9.17, 15) is 13.5 Å². The van der Waals surface area contributed by atoms with Gasteiger partial charge in [0.15, 0.2) is 0 Å². The van der Waals surface area contributed by atoms with Gasteiger partial charge in [-0.25, -0.2) is 13.6 Å². The highest BCUT2D eigenvalue weighted by molar-refractivity contribution is 7.89. The number of nitrogens with zero attached hydrogens (tertiary/aromatic N) is 1. The number of primary sulfonamides is 1. The van der Waals surface area contributed by atoms with Crippen LogP contribution in [0.15, 0.2) is 53.4 Å². The van der Waals surface area contributed by atoms with E-state index >= 15 is 0 Å². The van der Waals surface area contributed by atoms with E-state index in [0.717, 1.165) is 16.9 Å². The van der Waals surface area contributed by atoms with E-state index in [1.165, 1.54) is 12.1 Å². The Labute approximate surface area is 155 Å². The number of likely N-dealkylation sites (N-methyl/N-ethyl adjacent to an activating group) is 1. The lowest BCUT2D eigenvalue weighted by Gasteiger charge is -2.27. The van der Waals surface area contributed by atoms with Crippen LogP contribution in [0.25, 0.3) is 0 Å². The molecule has 6 nitrogen and oxygen atoms in total. The molecule has 0 saturated carbocycles. The summed E-state index contributed by atoms with van der Waals surface area (Å²) >= 11 is 0. The molecule has 0 amide bonds. The van der Waals surface area contributed by atoms with Crippen molar-refractivity contribution in [3.63, 3.8) is 0 Å². The van der Waals surface area contributed by atoms with Crippen molar-refractivity contribution in [2.24, 2.45) is 5.14 Å². The van der Waals surface area contributed by atoms with Crippen LogP contribution in [0.3, 0.4) is 0 Å². The number of benzene rings is 2. The van der Waals surface area contributed by atoms with Crippen molar-refractivity contribution in [3.8, 4) is 5.75 Å². The molecule has 2 rings (SSSR count). The van der Waals surface area contributed by atoms with Gasteiger partial charge >= 0.3 is 0 Å². The topological polar surface area (TPSA) is 92.9 Å². The zero-order valence-corrected chi connectivity index (χ0v) is 16.1. The molecule has 0 aromatic heterocycles. The minimum Gasteiger partial charge on any atom is -0.491 e. The summed E-state index contributed by atoms with van der Waals surface area (Å²) in [5.41, 5.74) is 2.09. The van der Waals surface area contributed by atoms with Crippen LogP contribution >= 0.6 is 0 Å². The number of rotatable bonds is 8. The zero-order chi connectivity index (χ0) is 19.3. The van der Waals surface area contributed by atoms with Gasteiger partial charge in [-0.15, -0.1) is 0 Å². The highest BCUT2D eigenvalue weighted by Gasteiger charge is 2.17. The normalized spacial score (nSPS) is 14.2. The summed E-state index contributed by atoms with van der Waals surface area (Å²) in [5, 5.41) is 15.3. The molecule has 2 aromatic carbocycles. The fourth-order valence-electron chi connectivity index (χ4n) is 2.56. The SMILES string of the molecule is Cc1ccc(OCC(O)CN(C)C(C)c2ccc(S(N)(=O)=O)cc2)cc1. The number of aliphatic hydroxyl groups excluding tert-OH is 1. The van der Waals surface area contributed by atoms with Gasteiger partial charge in [0.05, 0.1) is 4.90 Å². The molecule has 7 heteroatoms. The Kier molecular flexibility index (Phi) is 6.77. The fourth-order valence-corrected chi connectivity index (χ4v) is 3.08. The molecule has 2 atom stereocenters. The van der Waals surface area contributed by atoms with Gasteiger partial charge in [-0.2, -0.15) is 0 Å². The Balaban J connectivity index is 1.89. The molecule has 0 fully saturated rings. The van der Waals surface area contributed by atoms with Gasteiger partial charge in [-0.05, 0) is 50.7 Å². The lowest BCUT2D eigenvalue weighted by molar-refractivity contribution is 0.0654. The number of hydrogen-bond acceptors (Lipinski definition) is 5. The van der Waals surface area contributed by atoms with Gasteiger partial charge in [0.1, 0.15) is 18.5 Å². The standard InChI is InChI=1S/C19H26N2O4S/c1-14-4-8-18(9-5-14)25-13-17(22)12-21(3)15(2)16-6-10-19(11-7-16)26(20,23)24/h4-11,15,17,22H,12-13H2,1-3H3,(H2,20,23,24). The third-order valence-electron chi connectivity index (χ3n) is 4.31. The Morgan fingerprint density at radius 1 is 1.12 bits per heavy atom. The van der Waals surface area contributed by atoms with E-state index in [-0.39, 0.29) is 17.5 Å². The quantitative estimate of drug-likeness (QED) is 0.734. The lowest BCUT2D eigenvalue weighted by Crippen LogP contribution is -2.34. The van der Waals surface area contributed by atoms with Crippen LogP contribution in [0.1, 0.15) is 24.1 Å². The molecular formula is C19H26N2O4S. The molecule has 0 radical (unpaired) electrons. The highest BCUT2D eigenvalue weighted by atomic mass is 32.2. The second kappa shape index (κ2) is 8.64. The first-order valence-electron chi connectivity index (χ1n) is 8.37. The third kappa shape index (κ3) is 5.81. The summed E-state index contributed by atoms with van der Waals surface area (Å²) in [6, 6.07) is 14.1. The molecule has 0 bridgehead atoms. The second-order valence-corrected chi connectivity index (χ2v) is 8.07. The molecule has 2 aromatic rings. The van der Waals surface area contributed by atoms with Crippen LogP contribution < -0.4 is 9.88 Å². The summed E-state index contributed by atoms with van der Waals surface area (Å²) in [7, 11) is -1.79. The second-order valence-electron chi connectivity index (χ2n) is 6.51. The van der Waals surface area contributed by atoms with Crippen molar-refractivity contribution in [2.45, 2.75) is 30.9 Å². The molecule has 142 valence electrons. The molecule has 2 unspecified atom stereocenters. The van der Waals surface area contributed by atoms with Gasteiger partial charge in [-0.1, -0.05) is 29.8 Å². The highest BCUT2D eigenvalue weighted by Crippen LogP contribution is 2.20. The Hall–Kier alpha value is -1.93. The lowest BCUT2D eigenvalue weighted by atomic mass is 10.1. The maximum Gasteiger partial charge on any atom is 0.238 e. The Bertz CT molecular complexity index is 804. The summed E-state index contributed by atoms with van der Waals surface area (Å²) in [5.74, 6) is 0.726. The molecule has 26 heavy (non-hydrogen) atoms. The van der Waals surface area contributed by atoms with Crippen LogP contribution in [-0.4, -0.2) is 44.7 Å². The van der Waals surface area contributed by atoms with Gasteiger partial charge in [0.2, 0.25) is 10.0 Å². The van der Waals surface area contributed by atoms with E-state index in [4.69, 9.17) is 9.88 Å². The van der Waals surface area contributed by atoms with Crippen LogP contribution in [0.4, 0.5) is 0 Å². The molecule has 0 aliphatic carbocycles. The average Bonchev–Trinajstić information content (AvgIpc) is 2.60. The van der Waals surface area contributed by atoms with Crippen molar-refractivity contribution in [1.29, 1.82) is 0 Å². The summed E-state index contributed by atoms with van der Waals surface area (Å²) in [6.45, 7) is 4.61. The van der Waals surface area contributed by atoms with E-state index in [1.807, 2.05) is 50.1 Å². The smallest absolute Gasteiger partial charge is 0.238 e. The summed E-state index contributed by atoms with van der Waals surface area (Å²) < 4.78 is 28.2. The zero-order valence-electron chi connectivity index (χ0n) is 15.3. The summed E-state index contributed by atoms with van der Waals surface area (Å²) in [6.07, 6.45) is -0.646. The van der Waals surface area contributed by atoms with Gasteiger partial charge in [-0.3, -0.25) is 4.90 Å². The molecule has 0 saturated heterocycles. The Morgan fingerprint density at radius 3 is 2.23 bits per heavy atom. The minimum atomic E-state index is -3.69. The number of hydrogen-bond donors (Lipinski definition) is 2. The first kappa shape index (κ1) is 20.4. The van der Waals surface area contributed by atoms with Crippen molar-refractivity contribution < 1.29 is 18.3 Å². The van der Waals surface area contributed by atoms with Crippen molar-refractivity contribution in [2.75, 3.05) is 20.2 Å². The molecule has 0 aliphatic heterocycles. The fraction of sp³-hybridized carbons (Fsp3) is 0.368. The van der Waals surface area contributed by atoms with Gasteiger partial charge < -0.3 is 9.84 Å². The van der Waals surface area contributed by atoms with E-state index in [0.29, 0.717) is 6.54 Å². The average molecular weight is 378 g/mol. The number of nitrogens with two attached hydrogens (primary N) is 1.